The molecule has 2 heterocycles. The largest absolute Gasteiger partial charge is 0.390 e. The highest BCUT2D eigenvalue weighted by Crippen LogP contribution is 2.35. The molecule has 2 aromatic rings. The first-order valence-electron chi connectivity index (χ1n) is 13.3. The number of anilines is 2. The Morgan fingerprint density at radius 2 is 1.82 bits per heavy atom. The van der Waals surface area contributed by atoms with Crippen LogP contribution in [0.5, 0.6) is 0 Å². The maximum Gasteiger partial charge on any atom is 0.390 e. The SMILES string of the molecule is CN(C)C1(N(C)Cc2ccc(C(=O)Nc3ccc(Cl)cc3N3CCN(CCC(F)(F)F)CC3)c(F)c2)CCSC1. The lowest BCUT2D eigenvalue weighted by Crippen LogP contribution is -2.56. The molecule has 0 aliphatic carbocycles. The topological polar surface area (TPSA) is 42.1 Å². The summed E-state index contributed by atoms with van der Waals surface area (Å²) in [6.07, 6.45) is -4.01. The van der Waals surface area contributed by atoms with Crippen molar-refractivity contribution in [2.75, 3.05) is 75.6 Å². The van der Waals surface area contributed by atoms with Gasteiger partial charge >= 0.3 is 6.18 Å². The van der Waals surface area contributed by atoms with E-state index < -0.39 is 24.3 Å². The number of benzene rings is 2. The minimum absolute atomic E-state index is 0.0450. The zero-order valence-corrected chi connectivity index (χ0v) is 24.6. The first-order valence-corrected chi connectivity index (χ1v) is 14.8. The molecule has 1 amide bonds. The van der Waals surface area contributed by atoms with Crippen LogP contribution in [0.15, 0.2) is 36.4 Å². The van der Waals surface area contributed by atoms with Crippen LogP contribution in [0.4, 0.5) is 28.9 Å². The van der Waals surface area contributed by atoms with Crippen LogP contribution in [0.3, 0.4) is 0 Å². The highest BCUT2D eigenvalue weighted by atomic mass is 35.5. The van der Waals surface area contributed by atoms with Crippen LogP contribution < -0.4 is 10.2 Å². The van der Waals surface area contributed by atoms with Gasteiger partial charge in [0.2, 0.25) is 0 Å². The van der Waals surface area contributed by atoms with Crippen LogP contribution >= 0.6 is 23.4 Å². The predicted molar refractivity (Wildman–Crippen MR) is 155 cm³/mol. The molecule has 0 spiro atoms. The second-order valence-electron chi connectivity index (χ2n) is 10.7. The van der Waals surface area contributed by atoms with Crippen molar-refractivity contribution in [3.8, 4) is 0 Å². The Morgan fingerprint density at radius 1 is 1.10 bits per heavy atom. The van der Waals surface area contributed by atoms with Crippen molar-refractivity contribution >= 4 is 40.6 Å². The molecule has 2 fully saturated rings. The molecular weight excluding hydrogens is 566 g/mol. The fraction of sp³-hybridized carbons (Fsp3) is 0.536. The predicted octanol–water partition coefficient (Wildman–Crippen LogP) is 5.63. The van der Waals surface area contributed by atoms with Gasteiger partial charge in [-0.1, -0.05) is 17.7 Å². The molecule has 40 heavy (non-hydrogen) atoms. The Balaban J connectivity index is 1.42. The van der Waals surface area contributed by atoms with Gasteiger partial charge in [0.15, 0.2) is 0 Å². The van der Waals surface area contributed by atoms with E-state index >= 15 is 4.39 Å². The smallest absolute Gasteiger partial charge is 0.367 e. The number of alkyl halides is 3. The Kier molecular flexibility index (Phi) is 9.93. The van der Waals surface area contributed by atoms with Gasteiger partial charge in [-0.15, -0.1) is 0 Å². The number of thioether (sulfide) groups is 1. The van der Waals surface area contributed by atoms with Crippen molar-refractivity contribution in [3.63, 3.8) is 0 Å². The first kappa shape index (κ1) is 30.9. The number of nitrogens with one attached hydrogen (secondary N) is 1. The van der Waals surface area contributed by atoms with Crippen molar-refractivity contribution in [2.24, 2.45) is 0 Å². The number of hydrogen-bond donors (Lipinski definition) is 1. The van der Waals surface area contributed by atoms with Gasteiger partial charge in [-0.3, -0.25) is 19.5 Å². The quantitative estimate of drug-likeness (QED) is 0.297. The lowest BCUT2D eigenvalue weighted by molar-refractivity contribution is -0.138. The summed E-state index contributed by atoms with van der Waals surface area (Å²) in [7, 11) is 6.17. The molecule has 0 radical (unpaired) electrons. The first-order chi connectivity index (χ1) is 18.9. The molecule has 2 aliphatic rings. The van der Waals surface area contributed by atoms with Gasteiger partial charge in [-0.25, -0.2) is 4.39 Å². The van der Waals surface area contributed by atoms with Gasteiger partial charge in [0.05, 0.1) is 29.0 Å². The zero-order chi connectivity index (χ0) is 29.1. The number of nitrogens with zero attached hydrogens (tertiary/aromatic N) is 4. The van der Waals surface area contributed by atoms with E-state index in [1.54, 1.807) is 29.2 Å². The molecule has 0 aromatic heterocycles. The van der Waals surface area contributed by atoms with Gasteiger partial charge in [0.1, 0.15) is 5.82 Å². The van der Waals surface area contributed by atoms with Crippen molar-refractivity contribution < 1.29 is 22.4 Å². The van der Waals surface area contributed by atoms with Gasteiger partial charge in [0, 0.05) is 50.0 Å². The summed E-state index contributed by atoms with van der Waals surface area (Å²) >= 11 is 8.14. The summed E-state index contributed by atoms with van der Waals surface area (Å²) in [6.45, 7) is 2.36. The summed E-state index contributed by atoms with van der Waals surface area (Å²) in [5, 5.41) is 3.27. The molecule has 6 nitrogen and oxygen atoms in total. The lowest BCUT2D eigenvalue weighted by Gasteiger charge is -2.43. The monoisotopic (exact) mass is 601 g/mol. The number of amides is 1. The fourth-order valence-electron chi connectivity index (χ4n) is 5.36. The molecule has 220 valence electrons. The van der Waals surface area contributed by atoms with Gasteiger partial charge in [-0.05, 0) is 69.2 Å². The number of piperazine rings is 1. The van der Waals surface area contributed by atoms with E-state index in [2.05, 4.69) is 29.2 Å². The summed E-state index contributed by atoms with van der Waals surface area (Å²) in [5.41, 5.74) is 1.74. The van der Waals surface area contributed by atoms with Crippen LogP contribution in [0.2, 0.25) is 5.02 Å². The molecule has 2 aliphatic heterocycles. The third kappa shape index (κ3) is 7.42. The Morgan fingerprint density at radius 3 is 2.42 bits per heavy atom. The van der Waals surface area contributed by atoms with E-state index in [1.807, 2.05) is 23.7 Å². The molecule has 12 heteroatoms. The number of rotatable bonds is 9. The average Bonchev–Trinajstić information content (AvgIpc) is 3.40. The Hall–Kier alpha value is -2.05. The summed E-state index contributed by atoms with van der Waals surface area (Å²) in [4.78, 5) is 21.3. The fourth-order valence-corrected chi connectivity index (χ4v) is 7.09. The van der Waals surface area contributed by atoms with Crippen LogP contribution in [-0.2, 0) is 6.54 Å². The number of carbonyl (C=O) groups excluding carboxylic acids is 1. The zero-order valence-electron chi connectivity index (χ0n) is 23.0. The summed E-state index contributed by atoms with van der Waals surface area (Å²) in [5.74, 6) is 0.876. The van der Waals surface area contributed by atoms with E-state index in [1.165, 1.54) is 12.1 Å². The normalized spacial score (nSPS) is 20.5. The van der Waals surface area contributed by atoms with Crippen LogP contribution in [0.1, 0.15) is 28.8 Å². The highest BCUT2D eigenvalue weighted by Gasteiger charge is 2.40. The maximum absolute atomic E-state index is 15.2. The Bertz CT molecular complexity index is 1180. The molecule has 1 N–H and O–H groups in total. The van der Waals surface area contributed by atoms with Crippen molar-refractivity contribution in [2.45, 2.75) is 31.2 Å². The summed E-state index contributed by atoms with van der Waals surface area (Å²) in [6, 6.07) is 9.71. The minimum atomic E-state index is -4.19. The highest BCUT2D eigenvalue weighted by molar-refractivity contribution is 7.99. The Labute approximate surface area is 242 Å². The average molecular weight is 602 g/mol. The van der Waals surface area contributed by atoms with E-state index in [9.17, 15) is 18.0 Å². The standard InChI is InChI=1S/C28H36ClF4N5OS/c1-35(2)27(9-15-40-19-27)36(3)18-20-4-6-22(23(30)16-20)26(39)34-24-7-5-21(29)17-25(24)38-13-11-37(12-14-38)10-8-28(31,32)33/h4-7,16-17H,8-15,18-19H2,1-3H3,(H,34,39). The summed E-state index contributed by atoms with van der Waals surface area (Å²) < 4.78 is 53.0. The molecule has 2 aromatic carbocycles. The van der Waals surface area contributed by atoms with Crippen LogP contribution in [-0.4, -0.2) is 97.8 Å². The van der Waals surface area contributed by atoms with E-state index in [0.717, 1.165) is 23.5 Å². The van der Waals surface area contributed by atoms with Gasteiger partial charge in [-0.2, -0.15) is 24.9 Å². The third-order valence-corrected chi connectivity index (χ3v) is 9.25. The van der Waals surface area contributed by atoms with E-state index in [-0.39, 0.29) is 17.8 Å². The van der Waals surface area contributed by atoms with Crippen molar-refractivity contribution in [1.82, 2.24) is 14.7 Å². The molecule has 2 saturated heterocycles. The van der Waals surface area contributed by atoms with Crippen LogP contribution in [0.25, 0.3) is 0 Å². The number of hydrogen-bond acceptors (Lipinski definition) is 6. The molecule has 4 rings (SSSR count). The van der Waals surface area contributed by atoms with E-state index in [0.29, 0.717) is 49.1 Å². The minimum Gasteiger partial charge on any atom is -0.367 e. The van der Waals surface area contributed by atoms with Gasteiger partial charge < -0.3 is 10.2 Å². The number of halogens is 5. The molecule has 1 atom stereocenters. The van der Waals surface area contributed by atoms with E-state index in [4.69, 9.17) is 11.6 Å². The van der Waals surface area contributed by atoms with Crippen molar-refractivity contribution in [1.29, 1.82) is 0 Å². The van der Waals surface area contributed by atoms with Gasteiger partial charge in [0.25, 0.3) is 5.91 Å². The molecule has 1 unspecified atom stereocenters. The second-order valence-corrected chi connectivity index (χ2v) is 12.2. The lowest BCUT2D eigenvalue weighted by atomic mass is 10.0. The maximum atomic E-state index is 15.2. The second kappa shape index (κ2) is 12.9. The molecule has 0 saturated carbocycles. The molecule has 0 bridgehead atoms. The third-order valence-electron chi connectivity index (χ3n) is 7.85. The number of carbonyl (C=O) groups is 1. The van der Waals surface area contributed by atoms with Crippen molar-refractivity contribution in [3.05, 3.63) is 58.4 Å². The van der Waals surface area contributed by atoms with Crippen LogP contribution in [0, 0.1) is 5.82 Å². The molecular formula is C28H36ClF4N5OS.